The number of nitrogens with two attached hydrogens (primary N) is 1. The summed E-state index contributed by atoms with van der Waals surface area (Å²) in [7, 11) is 3.14. The zero-order valence-electron chi connectivity index (χ0n) is 18.7. The van der Waals surface area contributed by atoms with Crippen molar-refractivity contribution in [3.63, 3.8) is 0 Å². The molecule has 0 aliphatic carbocycles. The molecule has 4 aromatic rings. The van der Waals surface area contributed by atoms with Gasteiger partial charge in [0.2, 0.25) is 5.95 Å². The zero-order valence-corrected chi connectivity index (χ0v) is 18.7. The smallest absolute Gasteiger partial charge is 0.223 e. The van der Waals surface area contributed by atoms with Crippen LogP contribution in [0.4, 0.5) is 32.2 Å². The van der Waals surface area contributed by atoms with Gasteiger partial charge in [-0.05, 0) is 31.2 Å². The molecule has 0 aliphatic rings. The number of ether oxygens (including phenoxy) is 2. The first-order chi connectivity index (χ1) is 16.4. The molecule has 2 aromatic heterocycles. The number of nitrogen functional groups attached to an aromatic ring is 1. The van der Waals surface area contributed by atoms with Gasteiger partial charge in [0.25, 0.3) is 0 Å². The summed E-state index contributed by atoms with van der Waals surface area (Å²) in [6.45, 7) is 1.73. The SMILES string of the molecule is COc1ccc(-c2cc(Nc3cc(NC(C)c4ccc(F)cc4F)nc(N)n3)n[nH]2)cc1OC. The number of H-pyrrole nitrogens is 1. The summed E-state index contributed by atoms with van der Waals surface area (Å²) >= 11 is 0. The van der Waals surface area contributed by atoms with Crippen molar-refractivity contribution in [3.05, 3.63) is 65.7 Å². The van der Waals surface area contributed by atoms with Crippen molar-refractivity contribution in [2.45, 2.75) is 13.0 Å². The molecule has 2 heterocycles. The molecule has 0 radical (unpaired) electrons. The van der Waals surface area contributed by atoms with E-state index in [9.17, 15) is 8.78 Å². The van der Waals surface area contributed by atoms with Gasteiger partial charge in [0.1, 0.15) is 23.3 Å². The molecule has 0 saturated heterocycles. The van der Waals surface area contributed by atoms with Gasteiger partial charge in [-0.2, -0.15) is 15.1 Å². The standard InChI is InChI=1S/C23H23F2N7O2/c1-12(15-6-5-14(24)9-16(15)25)27-20-11-21(30-23(26)29-20)28-22-10-17(31-32-22)13-4-7-18(33-2)19(8-13)34-3/h4-12H,1-3H3,(H5,26,27,28,29,30,31,32). The number of hydrogen-bond acceptors (Lipinski definition) is 8. The van der Waals surface area contributed by atoms with Crippen molar-refractivity contribution >= 4 is 23.4 Å². The fourth-order valence-electron chi connectivity index (χ4n) is 3.42. The monoisotopic (exact) mass is 467 g/mol. The highest BCUT2D eigenvalue weighted by atomic mass is 19.1. The minimum absolute atomic E-state index is 0.00919. The number of aromatic nitrogens is 4. The lowest BCUT2D eigenvalue weighted by molar-refractivity contribution is 0.355. The lowest BCUT2D eigenvalue weighted by Crippen LogP contribution is -2.12. The average Bonchev–Trinajstić information content (AvgIpc) is 3.26. The van der Waals surface area contributed by atoms with Gasteiger partial charge in [-0.3, -0.25) is 5.10 Å². The van der Waals surface area contributed by atoms with Gasteiger partial charge in [-0.25, -0.2) is 8.78 Å². The predicted molar refractivity (Wildman–Crippen MR) is 125 cm³/mol. The number of rotatable bonds is 8. The van der Waals surface area contributed by atoms with E-state index in [1.165, 1.54) is 12.1 Å². The molecule has 0 aliphatic heterocycles. The molecular formula is C23H23F2N7O2. The summed E-state index contributed by atoms with van der Waals surface area (Å²) < 4.78 is 37.9. The van der Waals surface area contributed by atoms with Crippen LogP contribution in [-0.4, -0.2) is 34.4 Å². The highest BCUT2D eigenvalue weighted by molar-refractivity contribution is 5.68. The molecule has 0 spiro atoms. The molecule has 0 saturated carbocycles. The van der Waals surface area contributed by atoms with E-state index in [4.69, 9.17) is 15.2 Å². The van der Waals surface area contributed by atoms with Gasteiger partial charge >= 0.3 is 0 Å². The fourth-order valence-corrected chi connectivity index (χ4v) is 3.42. The van der Waals surface area contributed by atoms with E-state index in [0.717, 1.165) is 17.3 Å². The Balaban J connectivity index is 1.51. The second-order valence-electron chi connectivity index (χ2n) is 7.39. The molecule has 2 aromatic carbocycles. The Bertz CT molecular complexity index is 1310. The van der Waals surface area contributed by atoms with E-state index < -0.39 is 17.7 Å². The van der Waals surface area contributed by atoms with E-state index >= 15 is 0 Å². The summed E-state index contributed by atoms with van der Waals surface area (Å²) in [5.41, 5.74) is 7.73. The number of benzene rings is 2. The van der Waals surface area contributed by atoms with Crippen LogP contribution in [0.15, 0.2) is 48.5 Å². The molecule has 9 nitrogen and oxygen atoms in total. The molecule has 0 amide bonds. The number of anilines is 4. The van der Waals surface area contributed by atoms with Crippen LogP contribution in [0.2, 0.25) is 0 Å². The van der Waals surface area contributed by atoms with Crippen LogP contribution in [0.1, 0.15) is 18.5 Å². The zero-order chi connectivity index (χ0) is 24.2. The van der Waals surface area contributed by atoms with Crippen molar-refractivity contribution in [2.24, 2.45) is 0 Å². The van der Waals surface area contributed by atoms with Crippen LogP contribution < -0.4 is 25.8 Å². The Labute approximate surface area is 194 Å². The Kier molecular flexibility index (Phi) is 6.44. The second kappa shape index (κ2) is 9.61. The lowest BCUT2D eigenvalue weighted by atomic mass is 10.1. The van der Waals surface area contributed by atoms with E-state index in [-0.39, 0.29) is 5.95 Å². The van der Waals surface area contributed by atoms with Gasteiger partial charge in [-0.15, -0.1) is 0 Å². The van der Waals surface area contributed by atoms with Crippen molar-refractivity contribution in [1.82, 2.24) is 20.2 Å². The van der Waals surface area contributed by atoms with E-state index in [0.29, 0.717) is 34.5 Å². The average molecular weight is 467 g/mol. The maximum atomic E-state index is 14.1. The van der Waals surface area contributed by atoms with Crippen LogP contribution in [0.5, 0.6) is 11.5 Å². The third-order valence-corrected chi connectivity index (χ3v) is 5.07. The second-order valence-corrected chi connectivity index (χ2v) is 7.39. The molecule has 176 valence electrons. The molecule has 0 bridgehead atoms. The molecular weight excluding hydrogens is 444 g/mol. The summed E-state index contributed by atoms with van der Waals surface area (Å²) in [6, 6.07) is 11.8. The van der Waals surface area contributed by atoms with Crippen LogP contribution in [0, 0.1) is 11.6 Å². The van der Waals surface area contributed by atoms with Gasteiger partial charge in [0, 0.05) is 29.3 Å². The Morgan fingerprint density at radius 2 is 1.68 bits per heavy atom. The summed E-state index contributed by atoms with van der Waals surface area (Å²) in [4.78, 5) is 8.31. The van der Waals surface area contributed by atoms with Crippen LogP contribution in [-0.2, 0) is 0 Å². The van der Waals surface area contributed by atoms with Gasteiger partial charge < -0.3 is 25.8 Å². The summed E-state index contributed by atoms with van der Waals surface area (Å²) in [5, 5.41) is 13.3. The maximum Gasteiger partial charge on any atom is 0.223 e. The van der Waals surface area contributed by atoms with Crippen molar-refractivity contribution in [2.75, 3.05) is 30.6 Å². The first-order valence-corrected chi connectivity index (χ1v) is 10.3. The Morgan fingerprint density at radius 1 is 0.912 bits per heavy atom. The highest BCUT2D eigenvalue weighted by Crippen LogP contribution is 2.32. The summed E-state index contributed by atoms with van der Waals surface area (Å²) in [6.07, 6.45) is 0. The number of hydrogen-bond donors (Lipinski definition) is 4. The highest BCUT2D eigenvalue weighted by Gasteiger charge is 2.14. The van der Waals surface area contributed by atoms with Gasteiger partial charge in [-0.1, -0.05) is 6.07 Å². The van der Waals surface area contributed by atoms with Gasteiger partial charge in [0.15, 0.2) is 17.3 Å². The molecule has 1 unspecified atom stereocenters. The van der Waals surface area contributed by atoms with E-state index in [1.54, 1.807) is 39.3 Å². The molecule has 0 fully saturated rings. The topological polar surface area (TPSA) is 123 Å². The maximum absolute atomic E-state index is 14.1. The van der Waals surface area contributed by atoms with Gasteiger partial charge in [0.05, 0.1) is 26.0 Å². The van der Waals surface area contributed by atoms with E-state index in [1.807, 2.05) is 12.1 Å². The summed E-state index contributed by atoms with van der Waals surface area (Å²) in [5.74, 6) is 1.16. The lowest BCUT2D eigenvalue weighted by Gasteiger charge is -2.16. The third-order valence-electron chi connectivity index (χ3n) is 5.07. The fraction of sp³-hybridized carbons (Fsp3) is 0.174. The first-order valence-electron chi connectivity index (χ1n) is 10.3. The molecule has 11 heteroatoms. The molecule has 34 heavy (non-hydrogen) atoms. The van der Waals surface area contributed by atoms with Crippen LogP contribution in [0.3, 0.4) is 0 Å². The minimum Gasteiger partial charge on any atom is -0.493 e. The van der Waals surface area contributed by atoms with Crippen LogP contribution in [0.25, 0.3) is 11.3 Å². The van der Waals surface area contributed by atoms with Crippen molar-refractivity contribution in [1.29, 1.82) is 0 Å². The third kappa shape index (κ3) is 4.98. The quantitative estimate of drug-likeness (QED) is 0.295. The minimum atomic E-state index is -0.653. The first kappa shape index (κ1) is 22.8. The van der Waals surface area contributed by atoms with Crippen molar-refractivity contribution < 1.29 is 18.3 Å². The van der Waals surface area contributed by atoms with Crippen molar-refractivity contribution in [3.8, 4) is 22.8 Å². The Morgan fingerprint density at radius 3 is 2.41 bits per heavy atom. The normalized spacial score (nSPS) is 11.7. The number of halogens is 2. The number of methoxy groups -OCH3 is 2. The van der Waals surface area contributed by atoms with E-state index in [2.05, 4.69) is 30.8 Å². The number of nitrogens with zero attached hydrogens (tertiary/aromatic N) is 3. The van der Waals surface area contributed by atoms with Crippen LogP contribution >= 0.6 is 0 Å². The number of nitrogens with one attached hydrogen (secondary N) is 3. The predicted octanol–water partition coefficient (Wildman–Crippen LogP) is 4.66. The largest absolute Gasteiger partial charge is 0.493 e. The molecule has 5 N–H and O–H groups in total. The molecule has 4 rings (SSSR count). The molecule has 1 atom stereocenters. The number of aromatic amines is 1. The Hall–Kier alpha value is -4.41.